The lowest BCUT2D eigenvalue weighted by Gasteiger charge is -2.03. The summed E-state index contributed by atoms with van der Waals surface area (Å²) in [6, 6.07) is 1.15. The van der Waals surface area contributed by atoms with Gasteiger partial charge in [0.05, 0.1) is 12.7 Å². The second kappa shape index (κ2) is 5.42. The molecule has 0 bridgehead atoms. The van der Waals surface area contributed by atoms with Crippen LogP contribution in [0.1, 0.15) is 6.42 Å². The van der Waals surface area contributed by atoms with E-state index in [9.17, 15) is 4.39 Å². The molecule has 1 rings (SSSR count). The van der Waals surface area contributed by atoms with Gasteiger partial charge in [0.1, 0.15) is 6.33 Å². The van der Waals surface area contributed by atoms with E-state index in [1.165, 1.54) is 0 Å². The van der Waals surface area contributed by atoms with Crippen LogP contribution in [-0.4, -0.2) is 30.3 Å². The molecule has 0 saturated carbocycles. The molecular formula is C8H11FN2O2. The molecular weight excluding hydrogens is 175 g/mol. The number of ether oxygens (including phenoxy) is 2. The zero-order valence-corrected chi connectivity index (χ0v) is 7.36. The number of nitrogens with zero attached hydrogens (tertiary/aromatic N) is 2. The third-order valence-electron chi connectivity index (χ3n) is 1.35. The molecule has 0 atom stereocenters. The van der Waals surface area contributed by atoms with Gasteiger partial charge in [0.15, 0.2) is 0 Å². The lowest BCUT2D eigenvalue weighted by Crippen LogP contribution is -2.03. The molecule has 0 unspecified atom stereocenters. The fraction of sp³-hybridized carbons (Fsp3) is 0.500. The van der Waals surface area contributed by atoms with Crippen LogP contribution in [0.25, 0.3) is 0 Å². The number of rotatable bonds is 5. The Morgan fingerprint density at radius 1 is 1.38 bits per heavy atom. The molecule has 1 aromatic rings. The molecule has 0 spiro atoms. The number of hydrogen-bond acceptors (Lipinski definition) is 4. The second-order valence-electron chi connectivity index (χ2n) is 2.37. The van der Waals surface area contributed by atoms with Crippen LogP contribution in [0.4, 0.5) is 4.39 Å². The zero-order chi connectivity index (χ0) is 9.52. The van der Waals surface area contributed by atoms with Crippen LogP contribution in [-0.2, 0) is 4.74 Å². The number of halogens is 1. The van der Waals surface area contributed by atoms with Gasteiger partial charge in [0.25, 0.3) is 0 Å². The van der Waals surface area contributed by atoms with Crippen LogP contribution in [0.2, 0.25) is 0 Å². The molecule has 0 N–H and O–H groups in total. The van der Waals surface area contributed by atoms with Crippen LogP contribution in [0.15, 0.2) is 12.4 Å². The lowest BCUT2D eigenvalue weighted by molar-refractivity contribution is 0.170. The first-order valence-electron chi connectivity index (χ1n) is 3.92. The SMILES string of the molecule is COCCCOc1cc(F)ncn1. The molecule has 13 heavy (non-hydrogen) atoms. The first kappa shape index (κ1) is 9.85. The van der Waals surface area contributed by atoms with E-state index >= 15 is 0 Å². The number of aromatic nitrogens is 2. The summed E-state index contributed by atoms with van der Waals surface area (Å²) >= 11 is 0. The van der Waals surface area contributed by atoms with Crippen molar-refractivity contribution in [2.24, 2.45) is 0 Å². The van der Waals surface area contributed by atoms with Crippen LogP contribution >= 0.6 is 0 Å². The fourth-order valence-corrected chi connectivity index (χ4v) is 0.776. The maximum atomic E-state index is 12.5. The quantitative estimate of drug-likeness (QED) is 0.509. The molecule has 0 radical (unpaired) electrons. The van der Waals surface area contributed by atoms with Crippen molar-refractivity contribution in [1.82, 2.24) is 9.97 Å². The lowest BCUT2D eigenvalue weighted by atomic mass is 10.5. The average molecular weight is 186 g/mol. The fourth-order valence-electron chi connectivity index (χ4n) is 0.776. The first-order chi connectivity index (χ1) is 6.33. The Morgan fingerprint density at radius 2 is 2.23 bits per heavy atom. The van der Waals surface area contributed by atoms with E-state index in [1.54, 1.807) is 7.11 Å². The predicted molar refractivity (Wildman–Crippen MR) is 44.0 cm³/mol. The van der Waals surface area contributed by atoms with Gasteiger partial charge in [-0.2, -0.15) is 4.39 Å². The molecule has 0 aromatic carbocycles. The summed E-state index contributed by atoms with van der Waals surface area (Å²) in [6.07, 6.45) is 1.88. The van der Waals surface area contributed by atoms with Crippen LogP contribution in [0.3, 0.4) is 0 Å². The molecule has 0 aliphatic rings. The molecule has 0 fully saturated rings. The number of hydrogen-bond donors (Lipinski definition) is 0. The maximum Gasteiger partial charge on any atom is 0.219 e. The minimum atomic E-state index is -0.586. The van der Waals surface area contributed by atoms with E-state index in [-0.39, 0.29) is 5.88 Å². The van der Waals surface area contributed by atoms with E-state index < -0.39 is 5.95 Å². The third-order valence-corrected chi connectivity index (χ3v) is 1.35. The van der Waals surface area contributed by atoms with Gasteiger partial charge in [0.2, 0.25) is 11.8 Å². The molecule has 1 heterocycles. The summed E-state index contributed by atoms with van der Waals surface area (Å²) in [5.41, 5.74) is 0. The standard InChI is InChI=1S/C8H11FN2O2/c1-12-3-2-4-13-8-5-7(9)10-6-11-8/h5-6H,2-4H2,1H3. The highest BCUT2D eigenvalue weighted by atomic mass is 19.1. The van der Waals surface area contributed by atoms with Gasteiger partial charge in [-0.3, -0.25) is 0 Å². The molecule has 1 aromatic heterocycles. The van der Waals surface area contributed by atoms with Crippen molar-refractivity contribution in [2.75, 3.05) is 20.3 Å². The molecule has 0 saturated heterocycles. The van der Waals surface area contributed by atoms with Gasteiger partial charge in [-0.05, 0) is 0 Å². The Hall–Kier alpha value is -1.23. The summed E-state index contributed by atoms with van der Waals surface area (Å²) in [7, 11) is 1.62. The minimum Gasteiger partial charge on any atom is -0.477 e. The smallest absolute Gasteiger partial charge is 0.219 e. The van der Waals surface area contributed by atoms with Gasteiger partial charge in [-0.15, -0.1) is 0 Å². The second-order valence-corrected chi connectivity index (χ2v) is 2.37. The van der Waals surface area contributed by atoms with Gasteiger partial charge in [0, 0.05) is 20.1 Å². The first-order valence-corrected chi connectivity index (χ1v) is 3.92. The highest BCUT2D eigenvalue weighted by molar-refractivity contribution is 5.05. The van der Waals surface area contributed by atoms with Crippen LogP contribution in [0, 0.1) is 5.95 Å². The monoisotopic (exact) mass is 186 g/mol. The summed E-state index contributed by atoms with van der Waals surface area (Å²) in [5, 5.41) is 0. The van der Waals surface area contributed by atoms with E-state index in [0.29, 0.717) is 13.2 Å². The summed E-state index contributed by atoms with van der Waals surface area (Å²) in [6.45, 7) is 1.08. The number of methoxy groups -OCH3 is 1. The van der Waals surface area contributed by atoms with Crippen LogP contribution in [0.5, 0.6) is 5.88 Å². The van der Waals surface area contributed by atoms with Crippen molar-refractivity contribution in [3.05, 3.63) is 18.3 Å². The molecule has 4 nitrogen and oxygen atoms in total. The van der Waals surface area contributed by atoms with Gasteiger partial charge in [-0.1, -0.05) is 0 Å². The van der Waals surface area contributed by atoms with Gasteiger partial charge in [-0.25, -0.2) is 9.97 Å². The van der Waals surface area contributed by atoms with Gasteiger partial charge >= 0.3 is 0 Å². The Morgan fingerprint density at radius 3 is 2.92 bits per heavy atom. The highest BCUT2D eigenvalue weighted by Gasteiger charge is 1.97. The third kappa shape index (κ3) is 3.80. The van der Waals surface area contributed by atoms with E-state index in [1.807, 2.05) is 0 Å². The summed E-state index contributed by atoms with van der Waals surface area (Å²) < 4.78 is 22.4. The average Bonchev–Trinajstić information content (AvgIpc) is 2.13. The predicted octanol–water partition coefficient (Wildman–Crippen LogP) is 1.03. The normalized spacial score (nSPS) is 10.0. The minimum absolute atomic E-state index is 0.253. The Kier molecular flexibility index (Phi) is 4.11. The van der Waals surface area contributed by atoms with E-state index in [0.717, 1.165) is 18.8 Å². The molecule has 72 valence electrons. The van der Waals surface area contributed by atoms with Crippen LogP contribution < -0.4 is 4.74 Å². The van der Waals surface area contributed by atoms with E-state index in [2.05, 4.69) is 9.97 Å². The topological polar surface area (TPSA) is 44.2 Å². The molecule has 5 heteroatoms. The van der Waals surface area contributed by atoms with E-state index in [4.69, 9.17) is 9.47 Å². The van der Waals surface area contributed by atoms with Crippen molar-refractivity contribution in [1.29, 1.82) is 0 Å². The largest absolute Gasteiger partial charge is 0.477 e. The van der Waals surface area contributed by atoms with Gasteiger partial charge < -0.3 is 9.47 Å². The zero-order valence-electron chi connectivity index (χ0n) is 7.36. The summed E-state index contributed by atoms with van der Waals surface area (Å²) in [4.78, 5) is 7.02. The Balaban J connectivity index is 2.28. The maximum absolute atomic E-state index is 12.5. The van der Waals surface area contributed by atoms with Crippen molar-refractivity contribution < 1.29 is 13.9 Å². The van der Waals surface area contributed by atoms with Crippen molar-refractivity contribution in [3.8, 4) is 5.88 Å². The highest BCUT2D eigenvalue weighted by Crippen LogP contribution is 2.05. The molecule has 0 aliphatic heterocycles. The van der Waals surface area contributed by atoms with Crippen molar-refractivity contribution in [2.45, 2.75) is 6.42 Å². The van der Waals surface area contributed by atoms with Crippen molar-refractivity contribution in [3.63, 3.8) is 0 Å². The Labute approximate surface area is 75.7 Å². The molecule has 0 aliphatic carbocycles. The summed E-state index contributed by atoms with van der Waals surface area (Å²) in [5.74, 6) is -0.333. The van der Waals surface area contributed by atoms with Crippen molar-refractivity contribution >= 4 is 0 Å². The Bertz CT molecular complexity index is 258. The molecule has 0 amide bonds.